The maximum Gasteiger partial charge on any atom is 0.335 e. The fourth-order valence-corrected chi connectivity index (χ4v) is 2.77. The summed E-state index contributed by atoms with van der Waals surface area (Å²) in [6, 6.07) is 15.4. The molecule has 3 N–H and O–H groups in total. The van der Waals surface area contributed by atoms with Gasteiger partial charge in [0, 0.05) is 11.1 Å². The van der Waals surface area contributed by atoms with Crippen LogP contribution in [0.3, 0.4) is 0 Å². The maximum atomic E-state index is 11.4. The second kappa shape index (κ2) is 8.83. The SMILES string of the molecule is CCOC(=O)[C@H](O)C[C@H](N)Cc1ccc(-c2ccccc2)cc1Cl. The highest BCUT2D eigenvalue weighted by Crippen LogP contribution is 2.26. The molecule has 0 saturated carbocycles. The van der Waals surface area contributed by atoms with E-state index >= 15 is 0 Å². The maximum absolute atomic E-state index is 11.4. The molecule has 0 spiro atoms. The Kier molecular flexibility index (Phi) is 6.79. The highest BCUT2D eigenvalue weighted by atomic mass is 35.5. The quantitative estimate of drug-likeness (QED) is 0.754. The second-order valence-corrected chi connectivity index (χ2v) is 6.05. The van der Waals surface area contributed by atoms with E-state index in [4.69, 9.17) is 22.1 Å². The van der Waals surface area contributed by atoms with E-state index in [-0.39, 0.29) is 19.1 Å². The van der Waals surface area contributed by atoms with E-state index < -0.39 is 12.1 Å². The Morgan fingerprint density at radius 2 is 1.92 bits per heavy atom. The van der Waals surface area contributed by atoms with Gasteiger partial charge in [0.25, 0.3) is 0 Å². The Morgan fingerprint density at radius 1 is 1.21 bits per heavy atom. The molecule has 0 fully saturated rings. The van der Waals surface area contributed by atoms with Crippen LogP contribution >= 0.6 is 11.6 Å². The summed E-state index contributed by atoms with van der Waals surface area (Å²) in [7, 11) is 0. The third-order valence-corrected chi connectivity index (χ3v) is 4.08. The van der Waals surface area contributed by atoms with Crippen LogP contribution in [-0.4, -0.2) is 29.8 Å². The second-order valence-electron chi connectivity index (χ2n) is 5.64. The minimum Gasteiger partial charge on any atom is -0.464 e. The molecule has 24 heavy (non-hydrogen) atoms. The zero-order valence-corrected chi connectivity index (χ0v) is 14.4. The highest BCUT2D eigenvalue weighted by molar-refractivity contribution is 6.31. The first kappa shape index (κ1) is 18.5. The van der Waals surface area contributed by atoms with E-state index in [1.807, 2.05) is 48.5 Å². The third kappa shape index (κ3) is 5.06. The number of nitrogens with two attached hydrogens (primary N) is 1. The molecule has 0 heterocycles. The lowest BCUT2D eigenvalue weighted by atomic mass is 9.98. The molecular weight excluding hydrogens is 326 g/mol. The molecule has 128 valence electrons. The molecule has 0 aliphatic carbocycles. The summed E-state index contributed by atoms with van der Waals surface area (Å²) in [5.74, 6) is -0.640. The summed E-state index contributed by atoms with van der Waals surface area (Å²) < 4.78 is 4.77. The number of ether oxygens (including phenoxy) is 1. The molecule has 2 rings (SSSR count). The molecule has 4 nitrogen and oxygen atoms in total. The fourth-order valence-electron chi connectivity index (χ4n) is 2.51. The molecule has 5 heteroatoms. The molecule has 0 saturated heterocycles. The number of rotatable bonds is 7. The Labute approximate surface area is 147 Å². The molecule has 0 radical (unpaired) electrons. The van der Waals surface area contributed by atoms with E-state index in [2.05, 4.69) is 0 Å². The molecule has 0 bridgehead atoms. The lowest BCUT2D eigenvalue weighted by Gasteiger charge is -2.16. The minimum atomic E-state index is -1.21. The molecule has 0 unspecified atom stereocenters. The fraction of sp³-hybridized carbons (Fsp3) is 0.316. The summed E-state index contributed by atoms with van der Waals surface area (Å²) in [6.45, 7) is 1.93. The number of carbonyl (C=O) groups excluding carboxylic acids is 1. The minimum absolute atomic E-state index is 0.135. The zero-order valence-electron chi connectivity index (χ0n) is 13.6. The van der Waals surface area contributed by atoms with Crippen molar-refractivity contribution in [3.8, 4) is 11.1 Å². The van der Waals surface area contributed by atoms with Gasteiger partial charge < -0.3 is 15.6 Å². The Hall–Kier alpha value is -1.88. The van der Waals surface area contributed by atoms with Crippen LogP contribution in [0, 0.1) is 0 Å². The number of aliphatic hydroxyl groups is 1. The highest BCUT2D eigenvalue weighted by Gasteiger charge is 2.20. The van der Waals surface area contributed by atoms with Crippen LogP contribution < -0.4 is 5.73 Å². The Morgan fingerprint density at radius 3 is 2.54 bits per heavy atom. The van der Waals surface area contributed by atoms with Gasteiger partial charge in [0.15, 0.2) is 6.10 Å². The first-order valence-corrected chi connectivity index (χ1v) is 8.33. The van der Waals surface area contributed by atoms with Gasteiger partial charge in [-0.05, 0) is 42.5 Å². The summed E-state index contributed by atoms with van der Waals surface area (Å²) in [6.07, 6.45) is -0.595. The van der Waals surface area contributed by atoms with E-state index in [1.54, 1.807) is 6.92 Å². The van der Waals surface area contributed by atoms with Crippen LogP contribution in [0.1, 0.15) is 18.9 Å². The molecule has 0 amide bonds. The average molecular weight is 348 g/mol. The van der Waals surface area contributed by atoms with Gasteiger partial charge in [-0.25, -0.2) is 4.79 Å². The molecule has 0 aromatic heterocycles. The van der Waals surface area contributed by atoms with Crippen LogP contribution in [0.25, 0.3) is 11.1 Å². The van der Waals surface area contributed by atoms with Crippen molar-refractivity contribution in [2.45, 2.75) is 31.9 Å². The van der Waals surface area contributed by atoms with Crippen molar-refractivity contribution < 1.29 is 14.6 Å². The van der Waals surface area contributed by atoms with Crippen LogP contribution in [0.2, 0.25) is 5.02 Å². The van der Waals surface area contributed by atoms with Crippen molar-refractivity contribution in [1.82, 2.24) is 0 Å². The number of aliphatic hydroxyl groups excluding tert-OH is 1. The van der Waals surface area contributed by atoms with Gasteiger partial charge in [-0.15, -0.1) is 0 Å². The zero-order chi connectivity index (χ0) is 17.5. The van der Waals surface area contributed by atoms with E-state index in [1.165, 1.54) is 0 Å². The van der Waals surface area contributed by atoms with Crippen molar-refractivity contribution in [1.29, 1.82) is 0 Å². The molecular formula is C19H22ClNO3. The molecule has 2 aromatic rings. The molecule has 0 aliphatic rings. The van der Waals surface area contributed by atoms with Crippen molar-refractivity contribution in [2.24, 2.45) is 5.73 Å². The standard InChI is InChI=1S/C19H22ClNO3/c1-2-24-19(23)18(22)12-16(21)10-15-9-8-14(11-17(15)20)13-6-4-3-5-7-13/h3-9,11,16,18,22H,2,10,12,21H2,1H3/t16-,18-/m1/s1. The summed E-state index contributed by atoms with van der Waals surface area (Å²) in [5, 5.41) is 10.4. The monoisotopic (exact) mass is 347 g/mol. The molecule has 2 atom stereocenters. The first-order valence-electron chi connectivity index (χ1n) is 7.95. The van der Waals surface area contributed by atoms with Crippen molar-refractivity contribution >= 4 is 17.6 Å². The van der Waals surface area contributed by atoms with Gasteiger partial charge in [-0.1, -0.05) is 54.1 Å². The van der Waals surface area contributed by atoms with Crippen LogP contribution in [-0.2, 0) is 16.0 Å². The summed E-state index contributed by atoms with van der Waals surface area (Å²) >= 11 is 6.36. The van der Waals surface area contributed by atoms with Gasteiger partial charge >= 0.3 is 5.97 Å². The van der Waals surface area contributed by atoms with Gasteiger partial charge in [-0.3, -0.25) is 0 Å². The Balaban J connectivity index is 2.01. The van der Waals surface area contributed by atoms with E-state index in [0.29, 0.717) is 11.4 Å². The molecule has 2 aromatic carbocycles. The lowest BCUT2D eigenvalue weighted by molar-refractivity contribution is -0.153. The largest absolute Gasteiger partial charge is 0.464 e. The number of esters is 1. The topological polar surface area (TPSA) is 72.5 Å². The first-order chi connectivity index (χ1) is 11.5. The van der Waals surface area contributed by atoms with Crippen molar-refractivity contribution in [2.75, 3.05) is 6.61 Å². The number of halogens is 1. The number of carbonyl (C=O) groups is 1. The van der Waals surface area contributed by atoms with Crippen LogP contribution in [0.4, 0.5) is 0 Å². The summed E-state index contributed by atoms with van der Waals surface area (Å²) in [5.41, 5.74) is 9.04. The van der Waals surface area contributed by atoms with Crippen molar-refractivity contribution in [3.05, 3.63) is 59.1 Å². The number of hydrogen-bond acceptors (Lipinski definition) is 4. The van der Waals surface area contributed by atoms with Gasteiger partial charge in [0.2, 0.25) is 0 Å². The van der Waals surface area contributed by atoms with Gasteiger partial charge in [-0.2, -0.15) is 0 Å². The average Bonchev–Trinajstić information content (AvgIpc) is 2.57. The van der Waals surface area contributed by atoms with Gasteiger partial charge in [0.05, 0.1) is 6.61 Å². The van der Waals surface area contributed by atoms with E-state index in [9.17, 15) is 9.90 Å². The number of hydrogen-bond donors (Lipinski definition) is 2. The summed E-state index contributed by atoms with van der Waals surface area (Å²) in [4.78, 5) is 11.4. The smallest absolute Gasteiger partial charge is 0.335 e. The van der Waals surface area contributed by atoms with Crippen LogP contribution in [0.5, 0.6) is 0 Å². The van der Waals surface area contributed by atoms with Crippen LogP contribution in [0.15, 0.2) is 48.5 Å². The lowest BCUT2D eigenvalue weighted by Crippen LogP contribution is -2.33. The number of benzene rings is 2. The Bertz CT molecular complexity index is 676. The normalized spacial score (nSPS) is 13.3. The third-order valence-electron chi connectivity index (χ3n) is 3.73. The van der Waals surface area contributed by atoms with E-state index in [0.717, 1.165) is 16.7 Å². The van der Waals surface area contributed by atoms with Crippen molar-refractivity contribution in [3.63, 3.8) is 0 Å². The predicted molar refractivity (Wildman–Crippen MR) is 95.8 cm³/mol. The molecule has 0 aliphatic heterocycles. The van der Waals surface area contributed by atoms with Gasteiger partial charge in [0.1, 0.15) is 0 Å². The predicted octanol–water partition coefficient (Wildman–Crippen LogP) is 3.19.